The Labute approximate surface area is 162 Å². The molecule has 1 atom stereocenters. The van der Waals surface area contributed by atoms with Crippen molar-refractivity contribution in [1.82, 2.24) is 0 Å². The lowest BCUT2D eigenvalue weighted by molar-refractivity contribution is -0.125. The highest BCUT2D eigenvalue weighted by molar-refractivity contribution is 6.06. The van der Waals surface area contributed by atoms with Gasteiger partial charge in [0.25, 0.3) is 5.91 Å². The number of anilines is 2. The van der Waals surface area contributed by atoms with Crippen LogP contribution in [0.3, 0.4) is 0 Å². The molecule has 1 unspecified atom stereocenters. The van der Waals surface area contributed by atoms with Crippen LogP contribution in [0.2, 0.25) is 0 Å². The number of hydrogen-bond donors (Lipinski definition) is 2. The molecule has 0 saturated heterocycles. The van der Waals surface area contributed by atoms with Crippen LogP contribution in [0.25, 0.3) is 0 Å². The minimum atomic E-state index is -0.779. The summed E-state index contributed by atoms with van der Waals surface area (Å²) in [6, 6.07) is 12.8. The monoisotopic (exact) mass is 383 g/mol. The van der Waals surface area contributed by atoms with Crippen molar-refractivity contribution in [2.24, 2.45) is 10.6 Å². The molecule has 0 radical (unpaired) electrons. The molecule has 0 fully saturated rings. The van der Waals surface area contributed by atoms with E-state index in [4.69, 9.17) is 4.84 Å². The third kappa shape index (κ3) is 4.73. The van der Waals surface area contributed by atoms with Crippen molar-refractivity contribution in [1.29, 1.82) is 0 Å². The average molecular weight is 383 g/mol. The van der Waals surface area contributed by atoms with E-state index >= 15 is 0 Å². The van der Waals surface area contributed by atoms with Crippen LogP contribution >= 0.6 is 0 Å². The van der Waals surface area contributed by atoms with Gasteiger partial charge in [-0.1, -0.05) is 38.1 Å². The fourth-order valence-corrected chi connectivity index (χ4v) is 2.53. The standard InChI is InChI=1S/C21H22FN3O3/c1-21(2,3)20(27)24-16-9-7-15(8-10-16)23-19(26)18-12-17(25-28-18)13-5-4-6-14(22)11-13/h4-11,18H,12H2,1-3H3,(H,23,26)(H,24,27). The van der Waals surface area contributed by atoms with E-state index in [1.54, 1.807) is 36.4 Å². The van der Waals surface area contributed by atoms with Gasteiger partial charge in [0.05, 0.1) is 5.71 Å². The molecule has 28 heavy (non-hydrogen) atoms. The zero-order valence-corrected chi connectivity index (χ0v) is 16.0. The van der Waals surface area contributed by atoms with Crippen molar-refractivity contribution in [2.45, 2.75) is 33.3 Å². The lowest BCUT2D eigenvalue weighted by Gasteiger charge is -2.17. The van der Waals surface area contributed by atoms with Gasteiger partial charge in [-0.15, -0.1) is 0 Å². The molecule has 7 heteroatoms. The summed E-state index contributed by atoms with van der Waals surface area (Å²) >= 11 is 0. The Bertz CT molecular complexity index is 917. The Morgan fingerprint density at radius 3 is 2.32 bits per heavy atom. The van der Waals surface area contributed by atoms with Crippen molar-refractivity contribution in [3.63, 3.8) is 0 Å². The maximum atomic E-state index is 13.3. The number of carbonyl (C=O) groups is 2. The van der Waals surface area contributed by atoms with Gasteiger partial charge in [-0.3, -0.25) is 9.59 Å². The number of halogens is 1. The summed E-state index contributed by atoms with van der Waals surface area (Å²) in [5.74, 6) is -0.806. The molecule has 2 aromatic rings. The number of oxime groups is 1. The van der Waals surface area contributed by atoms with Crippen LogP contribution in [-0.4, -0.2) is 23.6 Å². The predicted molar refractivity (Wildman–Crippen MR) is 106 cm³/mol. The summed E-state index contributed by atoms with van der Waals surface area (Å²) in [6.07, 6.45) is -0.520. The van der Waals surface area contributed by atoms with E-state index in [0.29, 0.717) is 22.6 Å². The number of rotatable bonds is 4. The van der Waals surface area contributed by atoms with Gasteiger partial charge in [-0.25, -0.2) is 4.39 Å². The normalized spacial score (nSPS) is 16.1. The molecule has 2 aromatic carbocycles. The number of nitrogens with one attached hydrogen (secondary N) is 2. The maximum absolute atomic E-state index is 13.3. The Morgan fingerprint density at radius 1 is 1.07 bits per heavy atom. The Balaban J connectivity index is 1.56. The first-order chi connectivity index (χ1) is 13.2. The fraction of sp³-hybridized carbons (Fsp3) is 0.286. The largest absolute Gasteiger partial charge is 0.382 e. The summed E-state index contributed by atoms with van der Waals surface area (Å²) in [5, 5.41) is 9.48. The smallest absolute Gasteiger partial charge is 0.268 e. The van der Waals surface area contributed by atoms with Crippen LogP contribution in [-0.2, 0) is 14.4 Å². The van der Waals surface area contributed by atoms with E-state index < -0.39 is 11.5 Å². The van der Waals surface area contributed by atoms with Gasteiger partial charge >= 0.3 is 0 Å². The molecule has 0 bridgehead atoms. The highest BCUT2D eigenvalue weighted by Gasteiger charge is 2.29. The molecule has 1 aliphatic heterocycles. The van der Waals surface area contributed by atoms with Crippen LogP contribution in [0.15, 0.2) is 53.7 Å². The minimum Gasteiger partial charge on any atom is -0.382 e. The van der Waals surface area contributed by atoms with Gasteiger partial charge in [0.2, 0.25) is 12.0 Å². The predicted octanol–water partition coefficient (Wildman–Crippen LogP) is 3.94. The lowest BCUT2D eigenvalue weighted by atomic mass is 9.95. The number of hydrogen-bond acceptors (Lipinski definition) is 4. The molecule has 3 rings (SSSR count). The maximum Gasteiger partial charge on any atom is 0.268 e. The van der Waals surface area contributed by atoms with Crippen LogP contribution in [0.4, 0.5) is 15.8 Å². The van der Waals surface area contributed by atoms with Crippen LogP contribution in [0.1, 0.15) is 32.8 Å². The Hall–Kier alpha value is -3.22. The van der Waals surface area contributed by atoms with Crippen LogP contribution in [0.5, 0.6) is 0 Å². The topological polar surface area (TPSA) is 79.8 Å². The third-order valence-corrected chi connectivity index (χ3v) is 4.21. The molecule has 146 valence electrons. The number of nitrogens with zero attached hydrogens (tertiary/aromatic N) is 1. The van der Waals surface area contributed by atoms with Gasteiger partial charge in [0, 0.05) is 28.8 Å². The Morgan fingerprint density at radius 2 is 1.71 bits per heavy atom. The zero-order chi connectivity index (χ0) is 20.3. The molecule has 0 aliphatic carbocycles. The SMILES string of the molecule is CC(C)(C)C(=O)Nc1ccc(NC(=O)C2CC(c3cccc(F)c3)=NO2)cc1. The molecule has 2 amide bonds. The quantitative estimate of drug-likeness (QED) is 0.839. The van der Waals surface area contributed by atoms with E-state index in [1.807, 2.05) is 20.8 Å². The summed E-state index contributed by atoms with van der Waals surface area (Å²) in [5.41, 5.74) is 1.84. The summed E-state index contributed by atoms with van der Waals surface area (Å²) in [7, 11) is 0. The lowest BCUT2D eigenvalue weighted by Crippen LogP contribution is -2.28. The van der Waals surface area contributed by atoms with Crippen molar-refractivity contribution in [3.8, 4) is 0 Å². The van der Waals surface area contributed by atoms with Gasteiger partial charge in [-0.2, -0.15) is 0 Å². The third-order valence-electron chi connectivity index (χ3n) is 4.21. The zero-order valence-electron chi connectivity index (χ0n) is 16.0. The van der Waals surface area contributed by atoms with Gasteiger partial charge in [-0.05, 0) is 36.4 Å². The molecule has 0 saturated carbocycles. The second-order valence-electron chi connectivity index (χ2n) is 7.62. The molecule has 1 aliphatic rings. The van der Waals surface area contributed by atoms with E-state index in [0.717, 1.165) is 0 Å². The van der Waals surface area contributed by atoms with Crippen LogP contribution < -0.4 is 10.6 Å². The highest BCUT2D eigenvalue weighted by atomic mass is 19.1. The number of amides is 2. The molecular weight excluding hydrogens is 361 g/mol. The molecular formula is C21H22FN3O3. The first-order valence-corrected chi connectivity index (χ1v) is 8.93. The molecule has 1 heterocycles. The first-order valence-electron chi connectivity index (χ1n) is 8.93. The van der Waals surface area contributed by atoms with Crippen molar-refractivity contribution < 1.29 is 18.8 Å². The van der Waals surface area contributed by atoms with E-state index in [2.05, 4.69) is 15.8 Å². The van der Waals surface area contributed by atoms with E-state index in [1.165, 1.54) is 12.1 Å². The molecule has 0 aromatic heterocycles. The van der Waals surface area contributed by atoms with Crippen molar-refractivity contribution in [3.05, 3.63) is 59.9 Å². The second kappa shape index (κ2) is 7.80. The van der Waals surface area contributed by atoms with E-state index in [-0.39, 0.29) is 24.1 Å². The fourth-order valence-electron chi connectivity index (χ4n) is 2.53. The van der Waals surface area contributed by atoms with Gasteiger partial charge < -0.3 is 15.5 Å². The van der Waals surface area contributed by atoms with Crippen molar-refractivity contribution >= 4 is 28.9 Å². The summed E-state index contributed by atoms with van der Waals surface area (Å²) in [4.78, 5) is 29.6. The second-order valence-corrected chi connectivity index (χ2v) is 7.62. The minimum absolute atomic E-state index is 0.0920. The first kappa shape index (κ1) is 19.5. The van der Waals surface area contributed by atoms with Gasteiger partial charge in [0.1, 0.15) is 5.82 Å². The number of carbonyl (C=O) groups excluding carboxylic acids is 2. The highest BCUT2D eigenvalue weighted by Crippen LogP contribution is 2.21. The Kier molecular flexibility index (Phi) is 5.44. The van der Waals surface area contributed by atoms with E-state index in [9.17, 15) is 14.0 Å². The summed E-state index contributed by atoms with van der Waals surface area (Å²) < 4.78 is 13.3. The summed E-state index contributed by atoms with van der Waals surface area (Å²) in [6.45, 7) is 5.50. The molecule has 6 nitrogen and oxygen atoms in total. The van der Waals surface area contributed by atoms with Crippen LogP contribution in [0, 0.1) is 11.2 Å². The van der Waals surface area contributed by atoms with Crippen molar-refractivity contribution in [2.75, 3.05) is 10.6 Å². The molecule has 0 spiro atoms. The number of benzene rings is 2. The molecule has 2 N–H and O–H groups in total. The van der Waals surface area contributed by atoms with Gasteiger partial charge in [0.15, 0.2) is 0 Å². The average Bonchev–Trinajstić information content (AvgIpc) is 3.13.